The molecule has 0 aromatic heterocycles. The summed E-state index contributed by atoms with van der Waals surface area (Å²) < 4.78 is 38.6. The average molecular weight is 377 g/mol. The Hall–Kier alpha value is -1.18. The van der Waals surface area contributed by atoms with Crippen LogP contribution in [0.4, 0.5) is 10.1 Å². The fraction of sp³-hybridized carbons (Fsp3) is 0.562. The van der Waals surface area contributed by atoms with Gasteiger partial charge in [-0.2, -0.15) is 4.31 Å². The zero-order valence-electron chi connectivity index (χ0n) is 13.6. The van der Waals surface area contributed by atoms with Crippen LogP contribution in [0.25, 0.3) is 0 Å². The van der Waals surface area contributed by atoms with E-state index in [1.54, 1.807) is 0 Å². The van der Waals surface area contributed by atoms with E-state index in [0.29, 0.717) is 5.69 Å². The van der Waals surface area contributed by atoms with Crippen LogP contribution in [0.5, 0.6) is 0 Å². The molecule has 1 N–H and O–H groups in total. The minimum absolute atomic E-state index is 0.0261. The fourth-order valence-corrected chi connectivity index (χ4v) is 4.35. The van der Waals surface area contributed by atoms with Crippen LogP contribution in [0.1, 0.15) is 38.5 Å². The Balaban J connectivity index is 1.95. The molecule has 1 fully saturated rings. The minimum Gasteiger partial charge on any atom is -0.326 e. The molecular formula is C16H22ClFN2O3S. The molecule has 0 atom stereocenters. The van der Waals surface area contributed by atoms with Gasteiger partial charge in [-0.05, 0) is 31.0 Å². The molecule has 8 heteroatoms. The quantitative estimate of drug-likeness (QED) is 0.827. The van der Waals surface area contributed by atoms with Gasteiger partial charge in [-0.3, -0.25) is 4.79 Å². The van der Waals surface area contributed by atoms with Crippen LogP contribution < -0.4 is 5.32 Å². The molecule has 2 rings (SSSR count). The van der Waals surface area contributed by atoms with E-state index in [2.05, 4.69) is 5.32 Å². The topological polar surface area (TPSA) is 66.5 Å². The van der Waals surface area contributed by atoms with Crippen LogP contribution in [-0.2, 0) is 14.8 Å². The van der Waals surface area contributed by atoms with E-state index in [4.69, 9.17) is 11.6 Å². The van der Waals surface area contributed by atoms with Gasteiger partial charge in [0.25, 0.3) is 0 Å². The molecule has 0 bridgehead atoms. The molecule has 0 radical (unpaired) electrons. The van der Waals surface area contributed by atoms with Gasteiger partial charge >= 0.3 is 0 Å². The highest BCUT2D eigenvalue weighted by atomic mass is 35.5. The summed E-state index contributed by atoms with van der Waals surface area (Å²) in [6, 6.07) is 3.88. The summed E-state index contributed by atoms with van der Waals surface area (Å²) in [5, 5.41) is 2.53. The smallest absolute Gasteiger partial charge is 0.225 e. The van der Waals surface area contributed by atoms with Gasteiger partial charge in [0.1, 0.15) is 5.82 Å². The first kappa shape index (κ1) is 19.1. The predicted molar refractivity (Wildman–Crippen MR) is 93.1 cm³/mol. The van der Waals surface area contributed by atoms with Gasteiger partial charge in [-0.15, -0.1) is 0 Å². The van der Waals surface area contributed by atoms with Crippen LogP contribution in [0.2, 0.25) is 5.02 Å². The highest BCUT2D eigenvalue weighted by Crippen LogP contribution is 2.25. The van der Waals surface area contributed by atoms with Gasteiger partial charge in [0, 0.05) is 24.7 Å². The maximum Gasteiger partial charge on any atom is 0.225 e. The monoisotopic (exact) mass is 376 g/mol. The van der Waals surface area contributed by atoms with Gasteiger partial charge in [-0.1, -0.05) is 30.9 Å². The lowest BCUT2D eigenvalue weighted by molar-refractivity contribution is -0.116. The Morgan fingerprint density at radius 3 is 2.58 bits per heavy atom. The van der Waals surface area contributed by atoms with Crippen LogP contribution in [0.3, 0.4) is 0 Å². The number of hydrogen-bond donors (Lipinski definition) is 1. The third-order valence-electron chi connectivity index (χ3n) is 4.17. The molecule has 1 amide bonds. The number of benzene rings is 1. The Morgan fingerprint density at radius 2 is 2.00 bits per heavy atom. The van der Waals surface area contributed by atoms with E-state index in [0.717, 1.165) is 32.1 Å². The molecule has 1 aromatic rings. The molecule has 1 saturated carbocycles. The summed E-state index contributed by atoms with van der Waals surface area (Å²) in [5.74, 6) is -0.891. The zero-order chi connectivity index (χ0) is 17.7. The summed E-state index contributed by atoms with van der Waals surface area (Å²) in [7, 11) is -3.36. The van der Waals surface area contributed by atoms with Gasteiger partial charge in [0.05, 0.1) is 11.3 Å². The number of nitrogens with zero attached hydrogens (tertiary/aromatic N) is 1. The summed E-state index contributed by atoms with van der Waals surface area (Å²) >= 11 is 5.67. The predicted octanol–water partition coefficient (Wildman–Crippen LogP) is 3.40. The highest BCUT2D eigenvalue weighted by Gasteiger charge is 2.28. The molecule has 0 heterocycles. The Morgan fingerprint density at radius 1 is 1.33 bits per heavy atom. The first-order valence-electron chi connectivity index (χ1n) is 7.99. The Labute approximate surface area is 147 Å². The normalized spacial score (nSPS) is 16.3. The van der Waals surface area contributed by atoms with Crippen molar-refractivity contribution in [2.75, 3.05) is 18.1 Å². The summed E-state index contributed by atoms with van der Waals surface area (Å²) in [4.78, 5) is 12.1. The average Bonchev–Trinajstić information content (AvgIpc) is 2.51. The SMILES string of the molecule is CS(=O)(=O)N(CCC(=O)Nc1ccc(F)c(Cl)c1)C1CCCCC1. The second-order valence-corrected chi connectivity index (χ2v) is 8.43. The van der Waals surface area contributed by atoms with Crippen LogP contribution in [-0.4, -0.2) is 37.5 Å². The van der Waals surface area contributed by atoms with Crippen molar-refractivity contribution >= 4 is 33.2 Å². The van der Waals surface area contributed by atoms with E-state index < -0.39 is 15.8 Å². The van der Waals surface area contributed by atoms with Crippen molar-refractivity contribution < 1.29 is 17.6 Å². The number of carbonyl (C=O) groups is 1. The van der Waals surface area contributed by atoms with Gasteiger partial charge in [0.2, 0.25) is 15.9 Å². The number of carbonyl (C=O) groups excluding carboxylic acids is 1. The third-order valence-corrected chi connectivity index (χ3v) is 5.79. The second-order valence-electron chi connectivity index (χ2n) is 6.09. The number of rotatable bonds is 6. The van der Waals surface area contributed by atoms with Gasteiger partial charge < -0.3 is 5.32 Å². The molecule has 0 unspecified atom stereocenters. The van der Waals surface area contributed by atoms with Crippen LogP contribution in [0.15, 0.2) is 18.2 Å². The van der Waals surface area contributed by atoms with Crippen molar-refractivity contribution in [1.29, 1.82) is 0 Å². The molecule has 0 spiro atoms. The summed E-state index contributed by atoms with van der Waals surface area (Å²) in [5.41, 5.74) is 0.384. The standard InChI is InChI=1S/C16H22ClFN2O3S/c1-24(22,23)20(13-5-3-2-4-6-13)10-9-16(21)19-12-7-8-15(18)14(17)11-12/h7-8,11,13H,2-6,9-10H2,1H3,(H,19,21). The number of sulfonamides is 1. The van der Waals surface area contributed by atoms with Crippen molar-refractivity contribution in [3.05, 3.63) is 29.0 Å². The summed E-state index contributed by atoms with van der Waals surface area (Å²) in [6.45, 7) is 0.143. The van der Waals surface area contributed by atoms with Crippen molar-refractivity contribution in [2.45, 2.75) is 44.6 Å². The summed E-state index contributed by atoms with van der Waals surface area (Å²) in [6.07, 6.45) is 6.04. The number of hydrogen-bond acceptors (Lipinski definition) is 3. The van der Waals surface area contributed by atoms with Crippen LogP contribution >= 0.6 is 11.6 Å². The van der Waals surface area contributed by atoms with Crippen molar-refractivity contribution in [3.8, 4) is 0 Å². The lowest BCUT2D eigenvalue weighted by Crippen LogP contribution is -2.42. The highest BCUT2D eigenvalue weighted by molar-refractivity contribution is 7.88. The second kappa shape index (κ2) is 8.27. The van der Waals surface area contributed by atoms with Crippen LogP contribution in [0, 0.1) is 5.82 Å². The van der Waals surface area contributed by atoms with Crippen molar-refractivity contribution in [1.82, 2.24) is 4.31 Å². The number of anilines is 1. The van der Waals surface area contributed by atoms with Gasteiger partial charge in [-0.25, -0.2) is 12.8 Å². The largest absolute Gasteiger partial charge is 0.326 e. The van der Waals surface area contributed by atoms with E-state index in [1.807, 2.05) is 0 Å². The molecule has 134 valence electrons. The molecule has 5 nitrogen and oxygen atoms in total. The van der Waals surface area contributed by atoms with Gasteiger partial charge in [0.15, 0.2) is 0 Å². The zero-order valence-corrected chi connectivity index (χ0v) is 15.2. The molecule has 0 saturated heterocycles. The first-order valence-corrected chi connectivity index (χ1v) is 10.2. The number of halogens is 2. The van der Waals surface area contributed by atoms with Crippen molar-refractivity contribution in [3.63, 3.8) is 0 Å². The Kier molecular flexibility index (Phi) is 6.60. The molecule has 0 aliphatic heterocycles. The van der Waals surface area contributed by atoms with E-state index >= 15 is 0 Å². The van der Waals surface area contributed by atoms with E-state index in [9.17, 15) is 17.6 Å². The maximum absolute atomic E-state index is 13.1. The molecule has 1 aromatic carbocycles. The number of amides is 1. The van der Waals surface area contributed by atoms with E-state index in [-0.39, 0.29) is 29.9 Å². The van der Waals surface area contributed by atoms with E-state index in [1.165, 1.54) is 28.8 Å². The lowest BCUT2D eigenvalue weighted by Gasteiger charge is -2.32. The fourth-order valence-electron chi connectivity index (χ4n) is 3.00. The third kappa shape index (κ3) is 5.43. The minimum atomic E-state index is -3.36. The molecular weight excluding hydrogens is 355 g/mol. The lowest BCUT2D eigenvalue weighted by atomic mass is 9.95. The maximum atomic E-state index is 13.1. The molecule has 24 heavy (non-hydrogen) atoms. The molecule has 1 aliphatic carbocycles. The first-order chi connectivity index (χ1) is 11.3. The number of nitrogens with one attached hydrogen (secondary N) is 1. The Bertz CT molecular complexity index is 691. The van der Waals surface area contributed by atoms with Crippen molar-refractivity contribution in [2.24, 2.45) is 0 Å². The molecule has 1 aliphatic rings.